The monoisotopic (exact) mass is 151 g/mol. The molecule has 0 saturated heterocycles. The van der Waals surface area contributed by atoms with Gasteiger partial charge in [-0.05, 0) is 0 Å². The lowest BCUT2D eigenvalue weighted by atomic mass is 10.4. The number of amides is 1. The zero-order valence-electron chi connectivity index (χ0n) is 6.10. The number of halogens is 2. The molecule has 0 aromatic carbocycles. The highest BCUT2D eigenvalue weighted by molar-refractivity contribution is 5.75. The van der Waals surface area contributed by atoms with Crippen LogP contribution in [0.25, 0.3) is 0 Å². The number of alkyl halides is 2. The van der Waals surface area contributed by atoms with Gasteiger partial charge in [0.2, 0.25) is 5.91 Å². The van der Waals surface area contributed by atoms with Crippen molar-refractivity contribution in [1.82, 2.24) is 4.90 Å². The van der Waals surface area contributed by atoms with Crippen molar-refractivity contribution in [3.05, 3.63) is 0 Å². The summed E-state index contributed by atoms with van der Waals surface area (Å²) in [4.78, 5) is 11.7. The minimum absolute atomic E-state index is 0.250. The third kappa shape index (κ3) is 3.37. The molecule has 0 unspecified atom stereocenters. The highest BCUT2D eigenvalue weighted by Crippen LogP contribution is 1.97. The molecule has 0 saturated carbocycles. The van der Waals surface area contributed by atoms with Gasteiger partial charge in [-0.15, -0.1) is 0 Å². The van der Waals surface area contributed by atoms with Gasteiger partial charge in [0.1, 0.15) is 0 Å². The Bertz CT molecular complexity index is 116. The molecule has 0 N–H and O–H groups in total. The molecule has 0 bridgehead atoms. The first-order chi connectivity index (χ1) is 4.57. The van der Waals surface area contributed by atoms with Gasteiger partial charge in [0.15, 0.2) is 0 Å². The summed E-state index contributed by atoms with van der Waals surface area (Å²) in [6, 6.07) is 0. The van der Waals surface area contributed by atoms with E-state index in [1.165, 1.54) is 7.05 Å². The second-order valence-electron chi connectivity index (χ2n) is 2.02. The van der Waals surface area contributed by atoms with E-state index in [9.17, 15) is 13.6 Å². The van der Waals surface area contributed by atoms with Crippen LogP contribution in [0.4, 0.5) is 8.78 Å². The van der Waals surface area contributed by atoms with Crippen molar-refractivity contribution in [3.8, 4) is 0 Å². The number of hydrogen-bond donors (Lipinski definition) is 0. The lowest BCUT2D eigenvalue weighted by Gasteiger charge is -2.14. The van der Waals surface area contributed by atoms with E-state index in [2.05, 4.69) is 0 Å². The lowest BCUT2D eigenvalue weighted by Crippen LogP contribution is -2.30. The van der Waals surface area contributed by atoms with Gasteiger partial charge in [-0.25, -0.2) is 8.78 Å². The fraction of sp³-hybridized carbons (Fsp3) is 0.833. The van der Waals surface area contributed by atoms with Crippen molar-refractivity contribution < 1.29 is 13.6 Å². The molecule has 0 fully saturated rings. The first-order valence-electron chi connectivity index (χ1n) is 3.10. The highest BCUT2D eigenvalue weighted by atomic mass is 19.3. The van der Waals surface area contributed by atoms with Gasteiger partial charge in [-0.2, -0.15) is 0 Å². The van der Waals surface area contributed by atoms with Crippen LogP contribution >= 0.6 is 0 Å². The Morgan fingerprint density at radius 2 is 2.10 bits per heavy atom. The van der Waals surface area contributed by atoms with E-state index in [1.54, 1.807) is 6.92 Å². The number of hydrogen-bond acceptors (Lipinski definition) is 1. The molecular formula is C6H11F2NO. The summed E-state index contributed by atoms with van der Waals surface area (Å²) in [5.74, 6) is -0.250. The molecular weight excluding hydrogens is 140 g/mol. The Morgan fingerprint density at radius 1 is 1.60 bits per heavy atom. The smallest absolute Gasteiger partial charge is 0.255 e. The van der Waals surface area contributed by atoms with Crippen LogP contribution < -0.4 is 0 Å². The molecule has 0 rings (SSSR count). The first kappa shape index (κ1) is 9.33. The fourth-order valence-corrected chi connectivity index (χ4v) is 0.579. The minimum atomic E-state index is -2.43. The average molecular weight is 151 g/mol. The van der Waals surface area contributed by atoms with Gasteiger partial charge in [0, 0.05) is 13.5 Å². The van der Waals surface area contributed by atoms with Crippen LogP contribution in [-0.4, -0.2) is 30.8 Å². The molecule has 1 amide bonds. The van der Waals surface area contributed by atoms with E-state index in [1.807, 2.05) is 0 Å². The SMILES string of the molecule is CCC(=O)N(C)CC(F)F. The number of nitrogens with zero attached hydrogens (tertiary/aromatic N) is 1. The second kappa shape index (κ2) is 4.19. The van der Waals surface area contributed by atoms with Crippen molar-refractivity contribution in [2.75, 3.05) is 13.6 Å². The van der Waals surface area contributed by atoms with Crippen LogP contribution in [0.1, 0.15) is 13.3 Å². The zero-order valence-corrected chi connectivity index (χ0v) is 6.10. The maximum Gasteiger partial charge on any atom is 0.255 e. The van der Waals surface area contributed by atoms with Gasteiger partial charge >= 0.3 is 0 Å². The third-order valence-corrected chi connectivity index (χ3v) is 1.14. The van der Waals surface area contributed by atoms with Crippen molar-refractivity contribution in [2.24, 2.45) is 0 Å². The maximum absolute atomic E-state index is 11.6. The molecule has 2 nitrogen and oxygen atoms in total. The van der Waals surface area contributed by atoms with Gasteiger partial charge in [-0.3, -0.25) is 4.79 Å². The molecule has 0 aliphatic rings. The quantitative estimate of drug-likeness (QED) is 0.591. The van der Waals surface area contributed by atoms with Crippen molar-refractivity contribution in [3.63, 3.8) is 0 Å². The predicted molar refractivity (Wildman–Crippen MR) is 33.9 cm³/mol. The molecule has 0 aromatic heterocycles. The highest BCUT2D eigenvalue weighted by Gasteiger charge is 2.10. The van der Waals surface area contributed by atoms with Crippen molar-refractivity contribution in [2.45, 2.75) is 19.8 Å². The maximum atomic E-state index is 11.6. The van der Waals surface area contributed by atoms with Crippen molar-refractivity contribution in [1.29, 1.82) is 0 Å². The largest absolute Gasteiger partial charge is 0.340 e. The van der Waals surface area contributed by atoms with Crippen LogP contribution in [-0.2, 0) is 4.79 Å². The minimum Gasteiger partial charge on any atom is -0.340 e. The predicted octanol–water partition coefficient (Wildman–Crippen LogP) is 1.12. The summed E-state index contributed by atoms with van der Waals surface area (Å²) in [7, 11) is 1.37. The molecule has 0 heterocycles. The van der Waals surface area contributed by atoms with Crippen LogP contribution in [0.5, 0.6) is 0 Å². The Labute approximate surface area is 58.8 Å². The Balaban J connectivity index is 3.61. The molecule has 4 heteroatoms. The normalized spacial score (nSPS) is 10.1. The van der Waals surface area contributed by atoms with Gasteiger partial charge < -0.3 is 4.90 Å². The second-order valence-corrected chi connectivity index (χ2v) is 2.02. The van der Waals surface area contributed by atoms with Gasteiger partial charge in [-0.1, -0.05) is 6.92 Å². The van der Waals surface area contributed by atoms with Crippen LogP contribution in [0.2, 0.25) is 0 Å². The molecule has 0 atom stereocenters. The van der Waals surface area contributed by atoms with Gasteiger partial charge in [0.25, 0.3) is 6.43 Å². The van der Waals surface area contributed by atoms with E-state index in [0.29, 0.717) is 0 Å². The number of rotatable bonds is 3. The Hall–Kier alpha value is -0.670. The van der Waals surface area contributed by atoms with Gasteiger partial charge in [0.05, 0.1) is 6.54 Å². The number of carbonyl (C=O) groups is 1. The first-order valence-corrected chi connectivity index (χ1v) is 3.10. The zero-order chi connectivity index (χ0) is 8.15. The topological polar surface area (TPSA) is 20.3 Å². The lowest BCUT2D eigenvalue weighted by molar-refractivity contribution is -0.131. The molecule has 10 heavy (non-hydrogen) atoms. The van der Waals surface area contributed by atoms with E-state index >= 15 is 0 Å². The molecule has 60 valence electrons. The van der Waals surface area contributed by atoms with E-state index in [4.69, 9.17) is 0 Å². The van der Waals surface area contributed by atoms with Crippen molar-refractivity contribution >= 4 is 5.91 Å². The molecule has 0 spiro atoms. The Kier molecular flexibility index (Phi) is 3.91. The van der Waals surface area contributed by atoms with Crippen LogP contribution in [0, 0.1) is 0 Å². The van der Waals surface area contributed by atoms with E-state index < -0.39 is 13.0 Å². The summed E-state index contributed by atoms with van der Waals surface area (Å²) in [6.45, 7) is 1.18. The van der Waals surface area contributed by atoms with Crippen LogP contribution in [0.3, 0.4) is 0 Å². The summed E-state index contributed by atoms with van der Waals surface area (Å²) in [5, 5.41) is 0. The molecule has 0 aliphatic heterocycles. The third-order valence-electron chi connectivity index (χ3n) is 1.14. The van der Waals surface area contributed by atoms with E-state index in [0.717, 1.165) is 4.90 Å². The molecule has 0 aromatic rings. The molecule has 0 radical (unpaired) electrons. The average Bonchev–Trinajstić information content (AvgIpc) is 1.85. The Morgan fingerprint density at radius 3 is 2.40 bits per heavy atom. The number of carbonyl (C=O) groups excluding carboxylic acids is 1. The summed E-state index contributed by atoms with van der Waals surface area (Å²) < 4.78 is 23.2. The standard InChI is InChI=1S/C6H11F2NO/c1-3-6(10)9(2)4-5(7)8/h5H,3-4H2,1-2H3. The molecule has 0 aliphatic carbocycles. The summed E-state index contributed by atoms with van der Waals surface area (Å²) in [5.41, 5.74) is 0. The summed E-state index contributed by atoms with van der Waals surface area (Å²) >= 11 is 0. The summed E-state index contributed by atoms with van der Waals surface area (Å²) in [6.07, 6.45) is -2.15. The fourth-order valence-electron chi connectivity index (χ4n) is 0.579. The van der Waals surface area contributed by atoms with Crippen LogP contribution in [0.15, 0.2) is 0 Å². The van der Waals surface area contributed by atoms with E-state index in [-0.39, 0.29) is 12.3 Å².